The van der Waals surface area contributed by atoms with Crippen molar-refractivity contribution in [2.75, 3.05) is 11.9 Å². The van der Waals surface area contributed by atoms with Gasteiger partial charge in [-0.15, -0.1) is 0 Å². The molecular weight excluding hydrogens is 262 g/mol. The van der Waals surface area contributed by atoms with E-state index in [2.05, 4.69) is 22.5 Å². The normalized spacial score (nSPS) is 22.4. The molecular formula is C17H27N3O. The maximum Gasteiger partial charge on any atom is 0.251 e. The Kier molecular flexibility index (Phi) is 5.59. The summed E-state index contributed by atoms with van der Waals surface area (Å²) >= 11 is 0. The van der Waals surface area contributed by atoms with E-state index in [1.165, 1.54) is 19.3 Å². The zero-order valence-corrected chi connectivity index (χ0v) is 13.4. The molecule has 4 nitrogen and oxygen atoms in total. The van der Waals surface area contributed by atoms with Gasteiger partial charge in [0.25, 0.3) is 5.91 Å². The highest BCUT2D eigenvalue weighted by Gasteiger charge is 2.19. The third-order valence-electron chi connectivity index (χ3n) is 4.17. The molecule has 0 radical (unpaired) electrons. The Balaban J connectivity index is 2.02. The predicted octanol–water partition coefficient (Wildman–Crippen LogP) is 3.52. The standard InChI is InChI=1S/C17H27N3O/c1-4-18-16-11-14(10-13(3)19-16)17(21)20-15-7-5-6-12(2)8-9-15/h10-12,15H,4-9H2,1-3H3,(H,18,19)(H,20,21). The molecule has 1 amide bonds. The Morgan fingerprint density at radius 2 is 2.10 bits per heavy atom. The maximum absolute atomic E-state index is 12.4. The number of amides is 1. The smallest absolute Gasteiger partial charge is 0.251 e. The molecule has 2 rings (SSSR count). The van der Waals surface area contributed by atoms with E-state index in [9.17, 15) is 4.79 Å². The van der Waals surface area contributed by atoms with Gasteiger partial charge in [-0.1, -0.05) is 19.8 Å². The summed E-state index contributed by atoms with van der Waals surface area (Å²) in [7, 11) is 0. The van der Waals surface area contributed by atoms with Crippen LogP contribution >= 0.6 is 0 Å². The number of carbonyl (C=O) groups excluding carboxylic acids is 1. The maximum atomic E-state index is 12.4. The first-order valence-corrected chi connectivity index (χ1v) is 8.12. The number of nitrogens with one attached hydrogen (secondary N) is 2. The number of nitrogens with zero attached hydrogens (tertiary/aromatic N) is 1. The van der Waals surface area contributed by atoms with E-state index in [0.717, 1.165) is 36.8 Å². The molecule has 1 aliphatic rings. The van der Waals surface area contributed by atoms with Crippen LogP contribution in [-0.4, -0.2) is 23.5 Å². The van der Waals surface area contributed by atoms with Gasteiger partial charge in [0.15, 0.2) is 0 Å². The van der Waals surface area contributed by atoms with E-state index < -0.39 is 0 Å². The van der Waals surface area contributed by atoms with Crippen LogP contribution in [0.2, 0.25) is 0 Å². The Hall–Kier alpha value is -1.58. The molecule has 0 aliphatic heterocycles. The number of carbonyl (C=O) groups is 1. The van der Waals surface area contributed by atoms with Crippen molar-refractivity contribution in [1.82, 2.24) is 10.3 Å². The lowest BCUT2D eigenvalue weighted by Gasteiger charge is -2.17. The van der Waals surface area contributed by atoms with Gasteiger partial charge in [-0.25, -0.2) is 4.98 Å². The summed E-state index contributed by atoms with van der Waals surface area (Å²) < 4.78 is 0. The largest absolute Gasteiger partial charge is 0.370 e. The topological polar surface area (TPSA) is 54.0 Å². The van der Waals surface area contributed by atoms with E-state index in [1.807, 2.05) is 26.0 Å². The molecule has 21 heavy (non-hydrogen) atoms. The molecule has 0 aromatic carbocycles. The minimum Gasteiger partial charge on any atom is -0.370 e. The average molecular weight is 289 g/mol. The van der Waals surface area contributed by atoms with Gasteiger partial charge in [0, 0.05) is 23.8 Å². The molecule has 2 atom stereocenters. The van der Waals surface area contributed by atoms with Crippen LogP contribution in [0.1, 0.15) is 62.0 Å². The number of anilines is 1. The molecule has 1 fully saturated rings. The highest BCUT2D eigenvalue weighted by molar-refractivity contribution is 5.95. The quantitative estimate of drug-likeness (QED) is 0.834. The van der Waals surface area contributed by atoms with Crippen LogP contribution in [0.3, 0.4) is 0 Å². The van der Waals surface area contributed by atoms with Crippen LogP contribution in [-0.2, 0) is 0 Å². The van der Waals surface area contributed by atoms with Crippen molar-refractivity contribution >= 4 is 11.7 Å². The Labute approximate surface area is 127 Å². The van der Waals surface area contributed by atoms with Gasteiger partial charge >= 0.3 is 0 Å². The Bertz CT molecular complexity index is 487. The summed E-state index contributed by atoms with van der Waals surface area (Å²) in [5.41, 5.74) is 1.57. The lowest BCUT2D eigenvalue weighted by atomic mass is 10.0. The monoisotopic (exact) mass is 289 g/mol. The zero-order chi connectivity index (χ0) is 15.2. The van der Waals surface area contributed by atoms with Gasteiger partial charge < -0.3 is 10.6 Å². The molecule has 2 N–H and O–H groups in total. The number of hydrogen-bond acceptors (Lipinski definition) is 3. The summed E-state index contributed by atoms with van der Waals surface area (Å²) in [6.07, 6.45) is 5.90. The first-order chi connectivity index (χ1) is 10.1. The molecule has 4 heteroatoms. The van der Waals surface area contributed by atoms with E-state index in [1.54, 1.807) is 0 Å². The highest BCUT2D eigenvalue weighted by Crippen LogP contribution is 2.23. The lowest BCUT2D eigenvalue weighted by molar-refractivity contribution is 0.0933. The summed E-state index contributed by atoms with van der Waals surface area (Å²) in [6, 6.07) is 4.01. The number of aryl methyl sites for hydroxylation is 1. The van der Waals surface area contributed by atoms with Crippen LogP contribution in [0, 0.1) is 12.8 Å². The minimum atomic E-state index is 0.0270. The SMILES string of the molecule is CCNc1cc(C(=O)NC2CCCC(C)CC2)cc(C)n1. The van der Waals surface area contributed by atoms with E-state index in [4.69, 9.17) is 0 Å². The third kappa shape index (κ3) is 4.73. The van der Waals surface area contributed by atoms with Crippen molar-refractivity contribution in [2.45, 2.75) is 58.9 Å². The van der Waals surface area contributed by atoms with Gasteiger partial charge in [0.2, 0.25) is 0 Å². The number of hydrogen-bond donors (Lipinski definition) is 2. The molecule has 1 heterocycles. The van der Waals surface area contributed by atoms with Gasteiger partial charge in [-0.05, 0) is 51.2 Å². The first-order valence-electron chi connectivity index (χ1n) is 8.12. The first kappa shape index (κ1) is 15.8. The fourth-order valence-electron chi connectivity index (χ4n) is 2.97. The second kappa shape index (κ2) is 7.43. The molecule has 2 unspecified atom stereocenters. The van der Waals surface area contributed by atoms with E-state index in [-0.39, 0.29) is 5.91 Å². The molecule has 0 spiro atoms. The summed E-state index contributed by atoms with van der Waals surface area (Å²) in [5, 5.41) is 6.37. The van der Waals surface area contributed by atoms with Crippen molar-refractivity contribution < 1.29 is 4.79 Å². The van der Waals surface area contributed by atoms with Gasteiger partial charge in [-0.3, -0.25) is 4.79 Å². The molecule has 1 aromatic rings. The number of pyridine rings is 1. The van der Waals surface area contributed by atoms with E-state index in [0.29, 0.717) is 11.6 Å². The third-order valence-corrected chi connectivity index (χ3v) is 4.17. The van der Waals surface area contributed by atoms with Gasteiger partial charge in [0.05, 0.1) is 0 Å². The zero-order valence-electron chi connectivity index (χ0n) is 13.4. The van der Waals surface area contributed by atoms with Crippen LogP contribution < -0.4 is 10.6 Å². The fraction of sp³-hybridized carbons (Fsp3) is 0.647. The van der Waals surface area contributed by atoms with Gasteiger partial charge in [0.1, 0.15) is 5.82 Å². The second-order valence-electron chi connectivity index (χ2n) is 6.20. The molecule has 1 aromatic heterocycles. The van der Waals surface area contributed by atoms with Crippen molar-refractivity contribution in [3.8, 4) is 0 Å². The molecule has 0 bridgehead atoms. The molecule has 1 aliphatic carbocycles. The van der Waals surface area contributed by atoms with Crippen molar-refractivity contribution in [2.24, 2.45) is 5.92 Å². The molecule has 0 saturated heterocycles. The summed E-state index contributed by atoms with van der Waals surface area (Å²) in [5.74, 6) is 1.59. The Morgan fingerprint density at radius 3 is 2.86 bits per heavy atom. The minimum absolute atomic E-state index is 0.0270. The second-order valence-corrected chi connectivity index (χ2v) is 6.20. The lowest BCUT2D eigenvalue weighted by Crippen LogP contribution is -2.34. The number of aromatic nitrogens is 1. The van der Waals surface area contributed by atoms with Gasteiger partial charge in [-0.2, -0.15) is 0 Å². The van der Waals surface area contributed by atoms with Crippen molar-refractivity contribution in [3.05, 3.63) is 23.4 Å². The van der Waals surface area contributed by atoms with E-state index >= 15 is 0 Å². The average Bonchev–Trinajstić information content (AvgIpc) is 2.63. The van der Waals surface area contributed by atoms with Crippen LogP contribution in [0.5, 0.6) is 0 Å². The predicted molar refractivity (Wildman–Crippen MR) is 86.6 cm³/mol. The van der Waals surface area contributed by atoms with Crippen LogP contribution in [0.25, 0.3) is 0 Å². The van der Waals surface area contributed by atoms with Crippen molar-refractivity contribution in [3.63, 3.8) is 0 Å². The number of rotatable bonds is 4. The molecule has 1 saturated carbocycles. The summed E-state index contributed by atoms with van der Waals surface area (Å²) in [4.78, 5) is 16.8. The summed E-state index contributed by atoms with van der Waals surface area (Å²) in [6.45, 7) is 7.05. The van der Waals surface area contributed by atoms with Crippen molar-refractivity contribution in [1.29, 1.82) is 0 Å². The highest BCUT2D eigenvalue weighted by atomic mass is 16.1. The van der Waals surface area contributed by atoms with Crippen LogP contribution in [0.15, 0.2) is 12.1 Å². The molecule has 116 valence electrons. The fourth-order valence-corrected chi connectivity index (χ4v) is 2.97. The van der Waals surface area contributed by atoms with Crippen LogP contribution in [0.4, 0.5) is 5.82 Å². The Morgan fingerprint density at radius 1 is 1.29 bits per heavy atom.